The van der Waals surface area contributed by atoms with Crippen LogP contribution in [0.1, 0.15) is 57.9 Å². The van der Waals surface area contributed by atoms with Crippen molar-refractivity contribution >= 4 is 5.82 Å². The van der Waals surface area contributed by atoms with E-state index in [9.17, 15) is 0 Å². The van der Waals surface area contributed by atoms with Crippen molar-refractivity contribution in [1.29, 1.82) is 0 Å². The van der Waals surface area contributed by atoms with Crippen molar-refractivity contribution in [3.05, 3.63) is 53.5 Å². The van der Waals surface area contributed by atoms with Gasteiger partial charge in [0.15, 0.2) is 0 Å². The van der Waals surface area contributed by atoms with E-state index in [1.54, 1.807) is 0 Å². The quantitative estimate of drug-likeness (QED) is 0.917. The molecule has 0 amide bonds. The average molecular weight is 297 g/mol. The molecule has 118 valence electrons. The molecular formula is C19H27N3. The Morgan fingerprint density at radius 3 is 2.27 bits per heavy atom. The number of hydrogen-bond acceptors (Lipinski definition) is 3. The SMILES string of the molecule is CC(C)(C)c1ccnc(CCC(C)(C)c2ccc(N)nc2)c1. The number of nitrogen functional groups attached to an aromatic ring is 1. The van der Waals surface area contributed by atoms with E-state index in [1.807, 2.05) is 18.5 Å². The van der Waals surface area contributed by atoms with Crippen LogP contribution >= 0.6 is 0 Å². The van der Waals surface area contributed by atoms with Gasteiger partial charge in [-0.25, -0.2) is 4.98 Å². The lowest BCUT2D eigenvalue weighted by atomic mass is 9.80. The zero-order valence-corrected chi connectivity index (χ0v) is 14.4. The minimum absolute atomic E-state index is 0.0557. The van der Waals surface area contributed by atoms with Crippen LogP contribution in [0.3, 0.4) is 0 Å². The fourth-order valence-corrected chi connectivity index (χ4v) is 2.47. The third-order valence-corrected chi connectivity index (χ3v) is 4.26. The first-order valence-electron chi connectivity index (χ1n) is 7.86. The van der Waals surface area contributed by atoms with Crippen LogP contribution in [0.2, 0.25) is 0 Å². The fourth-order valence-electron chi connectivity index (χ4n) is 2.47. The number of anilines is 1. The Labute approximate surface area is 134 Å². The lowest BCUT2D eigenvalue weighted by molar-refractivity contribution is 0.475. The normalized spacial score (nSPS) is 12.4. The van der Waals surface area contributed by atoms with E-state index in [1.165, 1.54) is 11.1 Å². The highest BCUT2D eigenvalue weighted by Gasteiger charge is 2.21. The van der Waals surface area contributed by atoms with E-state index < -0.39 is 0 Å². The second-order valence-electron chi connectivity index (χ2n) is 7.64. The van der Waals surface area contributed by atoms with E-state index in [0.29, 0.717) is 5.82 Å². The van der Waals surface area contributed by atoms with Crippen molar-refractivity contribution in [3.8, 4) is 0 Å². The molecule has 0 unspecified atom stereocenters. The molecule has 0 saturated heterocycles. The van der Waals surface area contributed by atoms with Gasteiger partial charge in [-0.05, 0) is 53.0 Å². The monoisotopic (exact) mass is 297 g/mol. The van der Waals surface area contributed by atoms with Gasteiger partial charge in [0, 0.05) is 18.1 Å². The molecule has 3 nitrogen and oxygen atoms in total. The second kappa shape index (κ2) is 6.07. The van der Waals surface area contributed by atoms with Crippen LogP contribution in [0.4, 0.5) is 5.82 Å². The Morgan fingerprint density at radius 1 is 0.955 bits per heavy atom. The summed E-state index contributed by atoms with van der Waals surface area (Å²) >= 11 is 0. The predicted octanol–water partition coefficient (Wildman–Crippen LogP) is 4.27. The van der Waals surface area contributed by atoms with Crippen LogP contribution in [-0.2, 0) is 17.3 Å². The van der Waals surface area contributed by atoms with Gasteiger partial charge < -0.3 is 5.73 Å². The van der Waals surface area contributed by atoms with Gasteiger partial charge >= 0.3 is 0 Å². The highest BCUT2D eigenvalue weighted by atomic mass is 14.8. The number of aromatic nitrogens is 2. The molecule has 0 aliphatic rings. The highest BCUT2D eigenvalue weighted by molar-refractivity contribution is 5.32. The summed E-state index contributed by atoms with van der Waals surface area (Å²) in [6, 6.07) is 8.28. The van der Waals surface area contributed by atoms with Gasteiger partial charge in [-0.3, -0.25) is 4.98 Å². The van der Waals surface area contributed by atoms with E-state index in [-0.39, 0.29) is 10.8 Å². The number of pyridine rings is 2. The topological polar surface area (TPSA) is 51.8 Å². The van der Waals surface area contributed by atoms with E-state index >= 15 is 0 Å². The zero-order chi connectivity index (χ0) is 16.4. The summed E-state index contributed by atoms with van der Waals surface area (Å²) in [5.74, 6) is 0.569. The Bertz CT molecular complexity index is 622. The van der Waals surface area contributed by atoms with Gasteiger partial charge in [0.2, 0.25) is 0 Å². The van der Waals surface area contributed by atoms with Crippen LogP contribution in [-0.4, -0.2) is 9.97 Å². The molecule has 0 aliphatic carbocycles. The maximum absolute atomic E-state index is 5.67. The van der Waals surface area contributed by atoms with E-state index in [4.69, 9.17) is 5.73 Å². The summed E-state index contributed by atoms with van der Waals surface area (Å²) in [5, 5.41) is 0. The third-order valence-electron chi connectivity index (χ3n) is 4.26. The maximum atomic E-state index is 5.67. The van der Waals surface area contributed by atoms with Gasteiger partial charge in [0.1, 0.15) is 5.82 Å². The smallest absolute Gasteiger partial charge is 0.123 e. The Balaban J connectivity index is 2.10. The molecule has 0 aromatic carbocycles. The Hall–Kier alpha value is -1.90. The van der Waals surface area contributed by atoms with Gasteiger partial charge in [-0.15, -0.1) is 0 Å². The van der Waals surface area contributed by atoms with Crippen molar-refractivity contribution in [2.45, 2.75) is 58.3 Å². The standard InChI is InChI=1S/C19H27N3/c1-18(2,3)14-9-11-21-16(12-14)8-10-19(4,5)15-6-7-17(20)22-13-15/h6-7,9,11-13H,8,10H2,1-5H3,(H2,20,22). The summed E-state index contributed by atoms with van der Waals surface area (Å²) < 4.78 is 0. The first-order chi connectivity index (χ1) is 10.2. The molecule has 0 saturated carbocycles. The molecule has 3 heteroatoms. The second-order valence-corrected chi connectivity index (χ2v) is 7.64. The fraction of sp³-hybridized carbons (Fsp3) is 0.474. The number of nitrogens with two attached hydrogens (primary N) is 1. The predicted molar refractivity (Wildman–Crippen MR) is 92.9 cm³/mol. The molecule has 2 aromatic heterocycles. The van der Waals surface area contributed by atoms with Gasteiger partial charge in [0.05, 0.1) is 0 Å². The molecule has 2 heterocycles. The van der Waals surface area contributed by atoms with E-state index in [0.717, 1.165) is 18.5 Å². The van der Waals surface area contributed by atoms with Crippen LogP contribution in [0, 0.1) is 0 Å². The van der Waals surface area contributed by atoms with Crippen molar-refractivity contribution in [2.24, 2.45) is 0 Å². The molecule has 2 N–H and O–H groups in total. The number of rotatable bonds is 4. The molecule has 0 aliphatic heterocycles. The van der Waals surface area contributed by atoms with Crippen LogP contribution in [0.25, 0.3) is 0 Å². The van der Waals surface area contributed by atoms with Gasteiger partial charge in [0.25, 0.3) is 0 Å². The van der Waals surface area contributed by atoms with Crippen molar-refractivity contribution in [3.63, 3.8) is 0 Å². The minimum Gasteiger partial charge on any atom is -0.384 e. The van der Waals surface area contributed by atoms with Crippen molar-refractivity contribution in [2.75, 3.05) is 5.73 Å². The lowest BCUT2D eigenvalue weighted by Gasteiger charge is -2.25. The summed E-state index contributed by atoms with van der Waals surface area (Å²) in [6.45, 7) is 11.2. The summed E-state index contributed by atoms with van der Waals surface area (Å²) in [5.41, 5.74) is 9.60. The molecule has 22 heavy (non-hydrogen) atoms. The maximum Gasteiger partial charge on any atom is 0.123 e. The van der Waals surface area contributed by atoms with Crippen molar-refractivity contribution in [1.82, 2.24) is 9.97 Å². The van der Waals surface area contributed by atoms with E-state index in [2.05, 4.69) is 62.8 Å². The molecule has 0 spiro atoms. The first kappa shape index (κ1) is 16.5. The first-order valence-corrected chi connectivity index (χ1v) is 7.86. The molecular weight excluding hydrogens is 270 g/mol. The molecule has 0 atom stereocenters. The Morgan fingerprint density at radius 2 is 1.68 bits per heavy atom. The molecule has 0 bridgehead atoms. The average Bonchev–Trinajstić information content (AvgIpc) is 2.45. The molecule has 2 aromatic rings. The largest absolute Gasteiger partial charge is 0.384 e. The van der Waals surface area contributed by atoms with Crippen LogP contribution in [0.15, 0.2) is 36.7 Å². The number of hydrogen-bond donors (Lipinski definition) is 1. The van der Waals surface area contributed by atoms with Gasteiger partial charge in [-0.1, -0.05) is 40.7 Å². The third kappa shape index (κ3) is 4.06. The van der Waals surface area contributed by atoms with Crippen LogP contribution < -0.4 is 5.73 Å². The number of aryl methyl sites for hydroxylation is 1. The van der Waals surface area contributed by atoms with Crippen molar-refractivity contribution < 1.29 is 0 Å². The molecule has 2 rings (SSSR count). The zero-order valence-electron chi connectivity index (χ0n) is 14.4. The highest BCUT2D eigenvalue weighted by Crippen LogP contribution is 2.29. The molecule has 0 radical (unpaired) electrons. The Kier molecular flexibility index (Phi) is 4.55. The van der Waals surface area contributed by atoms with Gasteiger partial charge in [-0.2, -0.15) is 0 Å². The van der Waals surface area contributed by atoms with Crippen LogP contribution in [0.5, 0.6) is 0 Å². The minimum atomic E-state index is 0.0557. The number of nitrogens with zero attached hydrogens (tertiary/aromatic N) is 2. The summed E-state index contributed by atoms with van der Waals surface area (Å²) in [7, 11) is 0. The summed E-state index contributed by atoms with van der Waals surface area (Å²) in [6.07, 6.45) is 5.79. The molecule has 0 fully saturated rings. The lowest BCUT2D eigenvalue weighted by Crippen LogP contribution is -2.19. The summed E-state index contributed by atoms with van der Waals surface area (Å²) in [4.78, 5) is 8.74.